The summed E-state index contributed by atoms with van der Waals surface area (Å²) in [6, 6.07) is 22.1. The number of hydrogen-bond acceptors (Lipinski definition) is 6. The number of ether oxygens (including phenoxy) is 2. The summed E-state index contributed by atoms with van der Waals surface area (Å²) in [5.74, 6) is -11.9. The number of carbonyl (C=O) groups excluding carboxylic acids is 1. The van der Waals surface area contributed by atoms with Gasteiger partial charge in [-0.15, -0.1) is 0 Å². The van der Waals surface area contributed by atoms with E-state index in [-0.39, 0.29) is 25.4 Å². The molecule has 254 valence electrons. The average Bonchev–Trinajstić information content (AvgIpc) is 3.55. The van der Waals surface area contributed by atoms with Gasteiger partial charge >= 0.3 is 0 Å². The van der Waals surface area contributed by atoms with Crippen LogP contribution < -0.4 is 5.32 Å². The van der Waals surface area contributed by atoms with Gasteiger partial charge in [-0.25, -0.2) is 26.9 Å². The molecule has 0 unspecified atom stereocenters. The van der Waals surface area contributed by atoms with Crippen molar-refractivity contribution < 1.29 is 41.3 Å². The molecule has 0 radical (unpaired) electrons. The quantitative estimate of drug-likeness (QED) is 0.0680. The van der Waals surface area contributed by atoms with Gasteiger partial charge in [0.05, 0.1) is 18.8 Å². The molecular weight excluding hydrogens is 665 g/mol. The van der Waals surface area contributed by atoms with E-state index < -0.39 is 46.8 Å². The molecular formula is C36H30F5N3O4S. The molecule has 1 saturated heterocycles. The van der Waals surface area contributed by atoms with Crippen molar-refractivity contribution in [2.75, 3.05) is 5.75 Å². The van der Waals surface area contributed by atoms with Crippen LogP contribution in [0.3, 0.4) is 0 Å². The molecule has 0 saturated carbocycles. The van der Waals surface area contributed by atoms with Crippen molar-refractivity contribution in [1.82, 2.24) is 14.9 Å². The fourth-order valence-electron chi connectivity index (χ4n) is 5.48. The third-order valence-electron chi connectivity index (χ3n) is 8.10. The number of carbonyl (C=O) groups is 1. The number of benzene rings is 4. The first-order chi connectivity index (χ1) is 23.6. The maximum atomic E-state index is 14.1. The predicted octanol–water partition coefficient (Wildman–Crippen LogP) is 7.54. The normalized spacial score (nSPS) is 17.7. The Kier molecular flexibility index (Phi) is 10.4. The van der Waals surface area contributed by atoms with Gasteiger partial charge < -0.3 is 24.5 Å². The minimum atomic E-state index is -2.34. The van der Waals surface area contributed by atoms with Crippen LogP contribution in [0.5, 0.6) is 0 Å². The number of thioether (sulfide) groups is 1. The van der Waals surface area contributed by atoms with Crippen LogP contribution >= 0.6 is 11.8 Å². The lowest BCUT2D eigenvalue weighted by atomic mass is 9.99. The molecule has 1 aliphatic rings. The monoisotopic (exact) mass is 695 g/mol. The van der Waals surface area contributed by atoms with Gasteiger partial charge in [0.15, 0.2) is 34.7 Å². The second kappa shape index (κ2) is 14.9. The lowest BCUT2D eigenvalue weighted by molar-refractivity contribution is -0.245. The summed E-state index contributed by atoms with van der Waals surface area (Å²) < 4.78 is 83.9. The van der Waals surface area contributed by atoms with Gasteiger partial charge in [0, 0.05) is 43.7 Å². The molecule has 13 heteroatoms. The number of aliphatic hydroxyl groups is 1. The van der Waals surface area contributed by atoms with E-state index in [0.717, 1.165) is 33.0 Å². The zero-order valence-electron chi connectivity index (χ0n) is 26.0. The number of nitrogens with one attached hydrogen (secondary N) is 1. The van der Waals surface area contributed by atoms with Crippen molar-refractivity contribution in [3.63, 3.8) is 0 Å². The second-order valence-corrected chi connectivity index (χ2v) is 12.4. The van der Waals surface area contributed by atoms with Gasteiger partial charge in [0.25, 0.3) is 5.91 Å². The number of aliphatic hydroxyl groups excluding tert-OH is 1. The molecule has 4 aromatic carbocycles. The van der Waals surface area contributed by atoms with Crippen molar-refractivity contribution >= 4 is 17.7 Å². The summed E-state index contributed by atoms with van der Waals surface area (Å²) in [6.07, 6.45) is 3.03. The lowest BCUT2D eigenvalue weighted by Crippen LogP contribution is -2.31. The standard InChI is InChI=1S/C36H30F5N3O4S/c1-44-13-12-42-36(44)49-19-26-16-27(22-10-8-20(18-45)9-11-22)48-35(47-26)25-7-3-6-24(15-25)23-5-2-4-21(14-23)17-43-34(46)28-29(37)31(39)33(41)32(40)30(28)38/h2-15,26-27,35,45H,16-19H2,1H3,(H,43,46)/t26-,27+,35+/m1/s1. The van der Waals surface area contributed by atoms with Crippen molar-refractivity contribution in [2.45, 2.75) is 43.2 Å². The van der Waals surface area contributed by atoms with Gasteiger partial charge in [-0.2, -0.15) is 0 Å². The molecule has 1 fully saturated rings. The van der Waals surface area contributed by atoms with Gasteiger partial charge in [0.1, 0.15) is 5.56 Å². The van der Waals surface area contributed by atoms with Crippen LogP contribution in [-0.4, -0.2) is 32.4 Å². The molecule has 7 nitrogen and oxygen atoms in total. The second-order valence-electron chi connectivity index (χ2n) is 11.4. The van der Waals surface area contributed by atoms with Crippen molar-refractivity contribution in [3.8, 4) is 11.1 Å². The van der Waals surface area contributed by atoms with Crippen molar-refractivity contribution in [3.05, 3.63) is 142 Å². The van der Waals surface area contributed by atoms with E-state index in [0.29, 0.717) is 17.7 Å². The van der Waals surface area contributed by atoms with E-state index in [1.165, 1.54) is 0 Å². The molecule has 2 N–H and O–H groups in total. The highest BCUT2D eigenvalue weighted by Gasteiger charge is 2.33. The topological polar surface area (TPSA) is 85.6 Å². The SMILES string of the molecule is Cn1ccnc1SC[C@H]1C[C@@H](c2ccc(CO)cc2)O[C@@H](c2cccc(-c3cccc(CNC(=O)c4c(F)c(F)c(F)c(F)c4F)c3)c2)O1. The van der Waals surface area contributed by atoms with Crippen LogP contribution in [0.4, 0.5) is 22.0 Å². The van der Waals surface area contributed by atoms with Crippen LogP contribution in [0.1, 0.15) is 51.4 Å². The first-order valence-electron chi connectivity index (χ1n) is 15.2. The number of rotatable bonds is 10. The number of hydrogen-bond donors (Lipinski definition) is 2. The molecule has 1 aromatic heterocycles. The van der Waals surface area contributed by atoms with E-state index in [2.05, 4.69) is 10.3 Å². The van der Waals surface area contributed by atoms with Crippen LogP contribution in [0.2, 0.25) is 0 Å². The first kappa shape index (κ1) is 34.3. The number of amides is 1. The third kappa shape index (κ3) is 7.54. The maximum Gasteiger partial charge on any atom is 0.257 e. The Morgan fingerprint density at radius 3 is 2.22 bits per heavy atom. The van der Waals surface area contributed by atoms with Gasteiger partial charge in [-0.05, 0) is 39.9 Å². The minimum absolute atomic E-state index is 0.0633. The Balaban J connectivity index is 1.20. The summed E-state index contributed by atoms with van der Waals surface area (Å²) in [5.41, 5.74) is 2.99. The molecule has 1 aliphatic heterocycles. The Morgan fingerprint density at radius 1 is 0.878 bits per heavy atom. The largest absolute Gasteiger partial charge is 0.392 e. The molecule has 0 spiro atoms. The molecule has 1 amide bonds. The minimum Gasteiger partial charge on any atom is -0.392 e. The summed E-state index contributed by atoms with van der Waals surface area (Å²) in [5, 5.41) is 12.6. The Labute approximate surface area is 282 Å². The van der Waals surface area contributed by atoms with Gasteiger partial charge in [-0.1, -0.05) is 72.4 Å². The molecule has 0 bridgehead atoms. The summed E-state index contributed by atoms with van der Waals surface area (Å²) in [6.45, 7) is -0.307. The van der Waals surface area contributed by atoms with Crippen LogP contribution in [0.15, 0.2) is 90.3 Å². The summed E-state index contributed by atoms with van der Waals surface area (Å²) in [7, 11) is 1.93. The highest BCUT2D eigenvalue weighted by molar-refractivity contribution is 7.99. The molecule has 5 aromatic rings. The van der Waals surface area contributed by atoms with Crippen LogP contribution in [-0.2, 0) is 29.7 Å². The molecule has 6 rings (SSSR count). The molecule has 2 heterocycles. The van der Waals surface area contributed by atoms with Crippen molar-refractivity contribution in [1.29, 1.82) is 0 Å². The summed E-state index contributed by atoms with van der Waals surface area (Å²) >= 11 is 1.58. The van der Waals surface area contributed by atoms with Crippen LogP contribution in [0, 0.1) is 29.1 Å². The highest BCUT2D eigenvalue weighted by atomic mass is 32.2. The third-order valence-corrected chi connectivity index (χ3v) is 9.29. The Bertz CT molecular complexity index is 1940. The molecule has 3 atom stereocenters. The number of aromatic nitrogens is 2. The van der Waals surface area contributed by atoms with E-state index in [1.807, 2.05) is 72.4 Å². The van der Waals surface area contributed by atoms with E-state index >= 15 is 0 Å². The first-order valence-corrected chi connectivity index (χ1v) is 16.2. The highest BCUT2D eigenvalue weighted by Crippen LogP contribution is 2.40. The van der Waals surface area contributed by atoms with E-state index in [1.54, 1.807) is 36.2 Å². The van der Waals surface area contributed by atoms with Crippen molar-refractivity contribution in [2.24, 2.45) is 7.05 Å². The molecule has 49 heavy (non-hydrogen) atoms. The number of nitrogens with zero attached hydrogens (tertiary/aromatic N) is 2. The average molecular weight is 696 g/mol. The zero-order valence-corrected chi connectivity index (χ0v) is 26.8. The Hall–Kier alpha value is -4.56. The number of imidazole rings is 1. The van der Waals surface area contributed by atoms with Crippen LogP contribution in [0.25, 0.3) is 11.1 Å². The number of halogens is 5. The molecule has 0 aliphatic carbocycles. The Morgan fingerprint density at radius 2 is 1.55 bits per heavy atom. The number of aryl methyl sites for hydroxylation is 1. The fourth-order valence-corrected chi connectivity index (χ4v) is 6.43. The van der Waals surface area contributed by atoms with Gasteiger partial charge in [0.2, 0.25) is 5.82 Å². The zero-order chi connectivity index (χ0) is 34.7. The maximum absolute atomic E-state index is 14.1. The van der Waals surface area contributed by atoms with E-state index in [4.69, 9.17) is 9.47 Å². The summed E-state index contributed by atoms with van der Waals surface area (Å²) in [4.78, 5) is 16.9. The lowest BCUT2D eigenvalue weighted by Gasteiger charge is -2.36. The van der Waals surface area contributed by atoms with E-state index in [9.17, 15) is 31.9 Å². The predicted molar refractivity (Wildman–Crippen MR) is 172 cm³/mol. The smallest absolute Gasteiger partial charge is 0.257 e. The fraction of sp³-hybridized carbons (Fsp3) is 0.222. The van der Waals surface area contributed by atoms with Gasteiger partial charge in [-0.3, -0.25) is 4.79 Å².